The lowest BCUT2D eigenvalue weighted by Gasteiger charge is -2.09. The zero-order chi connectivity index (χ0) is 14.5. The van der Waals surface area contributed by atoms with Crippen LogP contribution in [0.25, 0.3) is 0 Å². The van der Waals surface area contributed by atoms with E-state index in [1.165, 1.54) is 11.1 Å². The number of hydrogen-bond donors (Lipinski definition) is 1. The van der Waals surface area contributed by atoms with Crippen LogP contribution in [0, 0.1) is 6.92 Å². The van der Waals surface area contributed by atoms with Crippen molar-refractivity contribution in [2.75, 3.05) is 6.54 Å². The second kappa shape index (κ2) is 7.33. The lowest BCUT2D eigenvalue weighted by Crippen LogP contribution is -2.17. The predicted molar refractivity (Wildman–Crippen MR) is 88.1 cm³/mol. The van der Waals surface area contributed by atoms with Gasteiger partial charge >= 0.3 is 0 Å². The number of halogens is 3. The third-order valence-electron chi connectivity index (χ3n) is 3.21. The molecule has 2 rings (SSSR count). The van der Waals surface area contributed by atoms with E-state index < -0.39 is 0 Å². The van der Waals surface area contributed by atoms with Gasteiger partial charge in [-0.2, -0.15) is 0 Å². The van der Waals surface area contributed by atoms with E-state index in [-0.39, 0.29) is 0 Å². The largest absolute Gasteiger partial charge is 0.312 e. The second-order valence-corrected chi connectivity index (χ2v) is 6.01. The summed E-state index contributed by atoms with van der Waals surface area (Å²) in [5.41, 5.74) is 3.57. The van der Waals surface area contributed by atoms with Crippen molar-refractivity contribution in [3.8, 4) is 0 Å². The van der Waals surface area contributed by atoms with Crippen molar-refractivity contribution >= 4 is 34.8 Å². The molecule has 0 fully saturated rings. The van der Waals surface area contributed by atoms with Crippen molar-refractivity contribution in [2.24, 2.45) is 0 Å². The SMILES string of the molecule is Cc1cc(Cl)ccc1CNCCc1ccc(Cl)cc1Cl. The highest BCUT2D eigenvalue weighted by Gasteiger charge is 2.02. The summed E-state index contributed by atoms with van der Waals surface area (Å²) in [4.78, 5) is 0. The van der Waals surface area contributed by atoms with E-state index >= 15 is 0 Å². The maximum Gasteiger partial charge on any atom is 0.0453 e. The van der Waals surface area contributed by atoms with Crippen LogP contribution >= 0.6 is 34.8 Å². The average Bonchev–Trinajstić information content (AvgIpc) is 2.39. The lowest BCUT2D eigenvalue weighted by molar-refractivity contribution is 0.684. The molecule has 2 aromatic carbocycles. The molecular formula is C16H16Cl3N. The highest BCUT2D eigenvalue weighted by molar-refractivity contribution is 6.35. The molecule has 1 N–H and O–H groups in total. The van der Waals surface area contributed by atoms with Gasteiger partial charge in [0.05, 0.1) is 0 Å². The molecule has 0 spiro atoms. The summed E-state index contributed by atoms with van der Waals surface area (Å²) >= 11 is 18.0. The van der Waals surface area contributed by atoms with Gasteiger partial charge in [0.25, 0.3) is 0 Å². The zero-order valence-electron chi connectivity index (χ0n) is 11.2. The molecule has 0 aromatic heterocycles. The molecule has 0 radical (unpaired) electrons. The van der Waals surface area contributed by atoms with Crippen LogP contribution in [0.2, 0.25) is 15.1 Å². The highest BCUT2D eigenvalue weighted by Crippen LogP contribution is 2.21. The van der Waals surface area contributed by atoms with Crippen LogP contribution in [0.1, 0.15) is 16.7 Å². The van der Waals surface area contributed by atoms with E-state index in [0.29, 0.717) is 5.02 Å². The maximum absolute atomic E-state index is 6.14. The van der Waals surface area contributed by atoms with Gasteiger partial charge in [-0.25, -0.2) is 0 Å². The molecule has 0 amide bonds. The Hall–Kier alpha value is -0.730. The number of aryl methyl sites for hydroxylation is 1. The van der Waals surface area contributed by atoms with Crippen molar-refractivity contribution < 1.29 is 0 Å². The van der Waals surface area contributed by atoms with E-state index in [0.717, 1.165) is 35.1 Å². The normalized spacial score (nSPS) is 10.8. The molecule has 2 aromatic rings. The quantitative estimate of drug-likeness (QED) is 0.736. The Bertz CT molecular complexity index is 543. The molecule has 0 saturated carbocycles. The molecule has 0 aliphatic rings. The third kappa shape index (κ3) is 4.39. The van der Waals surface area contributed by atoms with Crippen LogP contribution in [-0.2, 0) is 13.0 Å². The van der Waals surface area contributed by atoms with Crippen LogP contribution in [0.4, 0.5) is 0 Å². The highest BCUT2D eigenvalue weighted by atomic mass is 35.5. The van der Waals surface area contributed by atoms with Crippen LogP contribution < -0.4 is 5.32 Å². The van der Waals surface area contributed by atoms with Gasteiger partial charge in [0, 0.05) is 21.6 Å². The van der Waals surface area contributed by atoms with Crippen molar-refractivity contribution in [3.63, 3.8) is 0 Å². The Labute approximate surface area is 134 Å². The molecule has 0 bridgehead atoms. The van der Waals surface area contributed by atoms with Crippen LogP contribution in [0.5, 0.6) is 0 Å². The maximum atomic E-state index is 6.14. The van der Waals surface area contributed by atoms with Crippen molar-refractivity contribution in [2.45, 2.75) is 19.9 Å². The van der Waals surface area contributed by atoms with Crippen LogP contribution in [-0.4, -0.2) is 6.54 Å². The van der Waals surface area contributed by atoms with Gasteiger partial charge in [0.1, 0.15) is 0 Å². The van der Waals surface area contributed by atoms with Crippen molar-refractivity contribution in [1.29, 1.82) is 0 Å². The zero-order valence-corrected chi connectivity index (χ0v) is 13.5. The minimum absolute atomic E-state index is 0.670. The number of nitrogens with one attached hydrogen (secondary N) is 1. The fraction of sp³-hybridized carbons (Fsp3) is 0.250. The van der Waals surface area contributed by atoms with Crippen molar-refractivity contribution in [3.05, 3.63) is 68.2 Å². The first-order chi connectivity index (χ1) is 9.56. The monoisotopic (exact) mass is 327 g/mol. The Kier molecular flexibility index (Phi) is 5.74. The Balaban J connectivity index is 1.84. The molecule has 20 heavy (non-hydrogen) atoms. The molecule has 4 heteroatoms. The van der Waals surface area contributed by atoms with Crippen LogP contribution in [0.15, 0.2) is 36.4 Å². The summed E-state index contributed by atoms with van der Waals surface area (Å²) in [7, 11) is 0. The fourth-order valence-corrected chi connectivity index (χ4v) is 2.76. The summed E-state index contributed by atoms with van der Waals surface area (Å²) in [6.07, 6.45) is 0.878. The molecule has 0 atom stereocenters. The van der Waals surface area contributed by atoms with Gasteiger partial charge in [-0.3, -0.25) is 0 Å². The first-order valence-corrected chi connectivity index (χ1v) is 7.59. The number of hydrogen-bond acceptors (Lipinski definition) is 1. The Morgan fingerprint density at radius 2 is 1.55 bits per heavy atom. The Morgan fingerprint density at radius 1 is 0.900 bits per heavy atom. The topological polar surface area (TPSA) is 12.0 Å². The smallest absolute Gasteiger partial charge is 0.0453 e. The number of benzene rings is 2. The van der Waals surface area contributed by atoms with E-state index in [1.807, 2.05) is 24.3 Å². The van der Waals surface area contributed by atoms with Gasteiger partial charge in [-0.15, -0.1) is 0 Å². The first kappa shape index (κ1) is 15.7. The van der Waals surface area contributed by atoms with E-state index in [4.69, 9.17) is 34.8 Å². The molecule has 0 aliphatic heterocycles. The molecule has 1 nitrogen and oxygen atoms in total. The fourth-order valence-electron chi connectivity index (χ4n) is 2.03. The summed E-state index contributed by atoms with van der Waals surface area (Å²) in [5.74, 6) is 0. The van der Waals surface area contributed by atoms with Gasteiger partial charge in [0.15, 0.2) is 0 Å². The summed E-state index contributed by atoms with van der Waals surface area (Å²) < 4.78 is 0. The molecule has 106 valence electrons. The minimum atomic E-state index is 0.670. The van der Waals surface area contributed by atoms with Gasteiger partial charge in [-0.1, -0.05) is 46.9 Å². The molecule has 0 unspecified atom stereocenters. The van der Waals surface area contributed by atoms with Crippen molar-refractivity contribution in [1.82, 2.24) is 5.32 Å². The molecular weight excluding hydrogens is 313 g/mol. The summed E-state index contributed by atoms with van der Waals surface area (Å²) in [6, 6.07) is 11.6. The summed E-state index contributed by atoms with van der Waals surface area (Å²) in [5, 5.41) is 5.59. The van der Waals surface area contributed by atoms with E-state index in [9.17, 15) is 0 Å². The second-order valence-electron chi connectivity index (χ2n) is 4.73. The van der Waals surface area contributed by atoms with Gasteiger partial charge < -0.3 is 5.32 Å². The molecule has 0 saturated heterocycles. The first-order valence-electron chi connectivity index (χ1n) is 6.46. The van der Waals surface area contributed by atoms with E-state index in [2.05, 4.69) is 18.3 Å². The van der Waals surface area contributed by atoms with Crippen LogP contribution in [0.3, 0.4) is 0 Å². The molecule has 0 heterocycles. The van der Waals surface area contributed by atoms with Gasteiger partial charge in [-0.05, 0) is 60.8 Å². The number of rotatable bonds is 5. The average molecular weight is 329 g/mol. The Morgan fingerprint density at radius 3 is 2.20 bits per heavy atom. The standard InChI is InChI=1S/C16H16Cl3N/c1-11-8-14(17)5-3-13(11)10-20-7-6-12-2-4-15(18)9-16(12)19/h2-5,8-9,20H,6-7,10H2,1H3. The van der Waals surface area contributed by atoms with E-state index in [1.54, 1.807) is 6.07 Å². The summed E-state index contributed by atoms with van der Waals surface area (Å²) in [6.45, 7) is 3.76. The lowest BCUT2D eigenvalue weighted by atomic mass is 10.1. The van der Waals surface area contributed by atoms with Gasteiger partial charge in [0.2, 0.25) is 0 Å². The molecule has 0 aliphatic carbocycles. The third-order valence-corrected chi connectivity index (χ3v) is 4.03. The predicted octanol–water partition coefficient (Wildman–Crippen LogP) is 5.29. The minimum Gasteiger partial charge on any atom is -0.312 e.